The molecule has 0 amide bonds. The highest BCUT2D eigenvalue weighted by molar-refractivity contribution is 4.89. The van der Waals surface area contributed by atoms with Crippen molar-refractivity contribution in [1.82, 2.24) is 10.2 Å². The molecular weight excluding hydrogens is 204 g/mol. The Morgan fingerprint density at radius 1 is 1.19 bits per heavy atom. The molecule has 4 nitrogen and oxygen atoms in total. The molecular formula is C12H22N2O2. The van der Waals surface area contributed by atoms with Crippen LogP contribution in [0.5, 0.6) is 0 Å². The third-order valence-electron chi connectivity index (χ3n) is 3.87. The predicted molar refractivity (Wildman–Crippen MR) is 61.4 cm³/mol. The zero-order valence-corrected chi connectivity index (χ0v) is 9.77. The molecule has 16 heavy (non-hydrogen) atoms. The van der Waals surface area contributed by atoms with Crippen LogP contribution in [0.25, 0.3) is 0 Å². The highest BCUT2D eigenvalue weighted by Crippen LogP contribution is 2.26. The van der Waals surface area contributed by atoms with Crippen LogP contribution in [0.1, 0.15) is 25.7 Å². The van der Waals surface area contributed by atoms with Gasteiger partial charge in [-0.3, -0.25) is 4.90 Å². The van der Waals surface area contributed by atoms with Crippen LogP contribution >= 0.6 is 0 Å². The van der Waals surface area contributed by atoms with Gasteiger partial charge in [0.15, 0.2) is 0 Å². The summed E-state index contributed by atoms with van der Waals surface area (Å²) in [4.78, 5) is 2.46. The monoisotopic (exact) mass is 226 g/mol. The molecule has 3 unspecified atom stereocenters. The number of aliphatic hydroxyl groups is 1. The molecule has 2 saturated heterocycles. The van der Waals surface area contributed by atoms with Crippen LogP contribution in [0.3, 0.4) is 0 Å². The Morgan fingerprint density at radius 2 is 1.88 bits per heavy atom. The van der Waals surface area contributed by atoms with Crippen molar-refractivity contribution in [1.29, 1.82) is 0 Å². The second kappa shape index (κ2) is 4.61. The molecule has 3 atom stereocenters. The maximum atomic E-state index is 9.36. The van der Waals surface area contributed by atoms with E-state index < -0.39 is 0 Å². The molecule has 2 N–H and O–H groups in total. The largest absolute Gasteiger partial charge is 0.395 e. The number of morpholine rings is 1. The van der Waals surface area contributed by atoms with E-state index in [2.05, 4.69) is 10.2 Å². The van der Waals surface area contributed by atoms with E-state index in [1.807, 2.05) is 0 Å². The molecule has 3 fully saturated rings. The van der Waals surface area contributed by atoms with Gasteiger partial charge >= 0.3 is 0 Å². The minimum Gasteiger partial charge on any atom is -0.395 e. The first-order valence-corrected chi connectivity index (χ1v) is 6.58. The van der Waals surface area contributed by atoms with Gasteiger partial charge in [0, 0.05) is 31.7 Å². The Bertz CT molecular complexity index is 233. The summed E-state index contributed by atoms with van der Waals surface area (Å²) in [6.45, 7) is 3.34. The lowest BCUT2D eigenvalue weighted by atomic mass is 10.2. The van der Waals surface area contributed by atoms with E-state index in [1.165, 1.54) is 25.7 Å². The summed E-state index contributed by atoms with van der Waals surface area (Å²) in [6, 6.07) is 0.930. The van der Waals surface area contributed by atoms with E-state index in [0.29, 0.717) is 18.2 Å². The normalized spacial score (nSPS) is 36.6. The zero-order chi connectivity index (χ0) is 11.0. The van der Waals surface area contributed by atoms with Crippen LogP contribution in [0.4, 0.5) is 0 Å². The smallest absolute Gasteiger partial charge is 0.0707 e. The molecule has 2 heterocycles. The first kappa shape index (κ1) is 11.0. The Morgan fingerprint density at radius 3 is 2.44 bits per heavy atom. The predicted octanol–water partition coefficient (Wildman–Crippen LogP) is -0.0375. The SMILES string of the molecule is OCC(CN1CC2CCC(C1)O2)NC1CC1. The van der Waals surface area contributed by atoms with Crippen LogP contribution in [0, 0.1) is 0 Å². The summed E-state index contributed by atoms with van der Waals surface area (Å²) in [6.07, 6.45) is 5.93. The van der Waals surface area contributed by atoms with Crippen molar-refractivity contribution in [3.63, 3.8) is 0 Å². The molecule has 0 aromatic rings. The van der Waals surface area contributed by atoms with Gasteiger partial charge in [0.25, 0.3) is 0 Å². The van der Waals surface area contributed by atoms with Crippen molar-refractivity contribution in [3.8, 4) is 0 Å². The van der Waals surface area contributed by atoms with Crippen molar-refractivity contribution in [2.75, 3.05) is 26.2 Å². The molecule has 92 valence electrons. The zero-order valence-electron chi connectivity index (χ0n) is 9.77. The van der Waals surface area contributed by atoms with Gasteiger partial charge < -0.3 is 15.2 Å². The summed E-state index contributed by atoms with van der Waals surface area (Å²) in [5.41, 5.74) is 0. The quantitative estimate of drug-likeness (QED) is 0.690. The van der Waals surface area contributed by atoms with Gasteiger partial charge in [0.2, 0.25) is 0 Å². The number of rotatable bonds is 5. The van der Waals surface area contributed by atoms with Crippen LogP contribution in [0.2, 0.25) is 0 Å². The van der Waals surface area contributed by atoms with E-state index in [9.17, 15) is 5.11 Å². The Hall–Kier alpha value is -0.160. The van der Waals surface area contributed by atoms with Crippen molar-refractivity contribution in [3.05, 3.63) is 0 Å². The Labute approximate surface area is 97.0 Å². The number of nitrogens with zero attached hydrogens (tertiary/aromatic N) is 1. The number of hydrogen-bond acceptors (Lipinski definition) is 4. The molecule has 1 saturated carbocycles. The average molecular weight is 226 g/mol. The summed E-state index contributed by atoms with van der Waals surface area (Å²) in [7, 11) is 0. The van der Waals surface area contributed by atoms with Crippen LogP contribution in [-0.2, 0) is 4.74 Å². The van der Waals surface area contributed by atoms with Gasteiger partial charge in [0.1, 0.15) is 0 Å². The highest BCUT2D eigenvalue weighted by atomic mass is 16.5. The topological polar surface area (TPSA) is 44.7 Å². The molecule has 1 aliphatic carbocycles. The van der Waals surface area contributed by atoms with Crippen molar-refractivity contribution < 1.29 is 9.84 Å². The summed E-state index contributed by atoms with van der Waals surface area (Å²) in [5, 5.41) is 12.9. The number of ether oxygens (including phenoxy) is 1. The fraction of sp³-hybridized carbons (Fsp3) is 1.00. The van der Waals surface area contributed by atoms with Crippen molar-refractivity contribution in [2.24, 2.45) is 0 Å². The minimum atomic E-state index is 0.253. The van der Waals surface area contributed by atoms with Gasteiger partial charge in [-0.05, 0) is 25.7 Å². The van der Waals surface area contributed by atoms with E-state index in [4.69, 9.17) is 4.74 Å². The highest BCUT2D eigenvalue weighted by Gasteiger charge is 2.34. The van der Waals surface area contributed by atoms with E-state index in [0.717, 1.165) is 19.6 Å². The third-order valence-corrected chi connectivity index (χ3v) is 3.87. The average Bonchev–Trinajstić information content (AvgIpc) is 3.03. The first-order chi connectivity index (χ1) is 7.83. The minimum absolute atomic E-state index is 0.253. The maximum Gasteiger partial charge on any atom is 0.0707 e. The Kier molecular flexibility index (Phi) is 3.16. The first-order valence-electron chi connectivity index (χ1n) is 6.58. The van der Waals surface area contributed by atoms with Gasteiger partial charge in [0.05, 0.1) is 18.8 Å². The molecule has 0 aromatic heterocycles. The fourth-order valence-corrected chi connectivity index (χ4v) is 2.91. The lowest BCUT2D eigenvalue weighted by molar-refractivity contribution is -0.0422. The molecule has 3 rings (SSSR count). The lowest BCUT2D eigenvalue weighted by Gasteiger charge is -2.34. The van der Waals surface area contributed by atoms with Crippen molar-refractivity contribution >= 4 is 0 Å². The molecule has 0 aromatic carbocycles. The molecule has 0 radical (unpaired) electrons. The molecule has 3 aliphatic rings. The van der Waals surface area contributed by atoms with Crippen molar-refractivity contribution in [2.45, 2.75) is 50.0 Å². The van der Waals surface area contributed by atoms with Gasteiger partial charge in [-0.2, -0.15) is 0 Å². The fourth-order valence-electron chi connectivity index (χ4n) is 2.91. The Balaban J connectivity index is 1.48. The summed E-state index contributed by atoms with van der Waals surface area (Å²) in [5.74, 6) is 0. The molecule has 4 heteroatoms. The van der Waals surface area contributed by atoms with Gasteiger partial charge in [-0.25, -0.2) is 0 Å². The van der Waals surface area contributed by atoms with Crippen LogP contribution in [-0.4, -0.2) is 60.5 Å². The number of aliphatic hydroxyl groups excluding tert-OH is 1. The number of hydrogen-bond donors (Lipinski definition) is 2. The summed E-state index contributed by atoms with van der Waals surface area (Å²) >= 11 is 0. The van der Waals surface area contributed by atoms with Gasteiger partial charge in [-0.15, -0.1) is 0 Å². The molecule has 2 bridgehead atoms. The van der Waals surface area contributed by atoms with Gasteiger partial charge in [-0.1, -0.05) is 0 Å². The number of nitrogens with one attached hydrogen (secondary N) is 1. The van der Waals surface area contributed by atoms with E-state index >= 15 is 0 Å². The van der Waals surface area contributed by atoms with E-state index in [1.54, 1.807) is 0 Å². The summed E-state index contributed by atoms with van der Waals surface area (Å²) < 4.78 is 5.81. The van der Waals surface area contributed by atoms with E-state index in [-0.39, 0.29) is 12.6 Å². The standard InChI is InChI=1S/C12H22N2O2/c15-8-10(13-9-1-2-9)5-14-6-11-3-4-12(7-14)16-11/h9-13,15H,1-8H2. The number of likely N-dealkylation sites (tertiary alicyclic amines) is 1. The number of fused-ring (bicyclic) bond motifs is 2. The second-order valence-corrected chi connectivity index (χ2v) is 5.50. The third kappa shape index (κ3) is 2.56. The second-order valence-electron chi connectivity index (χ2n) is 5.50. The maximum absolute atomic E-state index is 9.36. The van der Waals surface area contributed by atoms with Crippen LogP contribution < -0.4 is 5.32 Å². The van der Waals surface area contributed by atoms with Crippen LogP contribution in [0.15, 0.2) is 0 Å². The molecule has 2 aliphatic heterocycles. The lowest BCUT2D eigenvalue weighted by Crippen LogP contribution is -2.50. The molecule has 0 spiro atoms.